The Bertz CT molecular complexity index is 299. The Balaban J connectivity index is 2.50. The highest BCUT2D eigenvalue weighted by molar-refractivity contribution is 5.88. The summed E-state index contributed by atoms with van der Waals surface area (Å²) in [6, 6.07) is 0.267. The Morgan fingerprint density at radius 1 is 1.28 bits per heavy atom. The molecule has 5 nitrogen and oxygen atoms in total. The molecular weight excluding hydrogens is 232 g/mol. The zero-order valence-electron chi connectivity index (χ0n) is 11.3. The summed E-state index contributed by atoms with van der Waals surface area (Å²) in [4.78, 5) is 23.2. The number of hydrogen-bond donors (Lipinski definition) is 3. The average Bonchev–Trinajstić information content (AvgIpc) is 2.36. The van der Waals surface area contributed by atoms with Crippen molar-refractivity contribution in [2.24, 2.45) is 0 Å². The summed E-state index contributed by atoms with van der Waals surface area (Å²) in [6.45, 7) is 4.22. The van der Waals surface area contributed by atoms with Crippen LogP contribution in [-0.2, 0) is 9.59 Å². The van der Waals surface area contributed by atoms with E-state index in [1.165, 1.54) is 0 Å². The highest BCUT2D eigenvalue weighted by Crippen LogP contribution is 2.28. The van der Waals surface area contributed by atoms with Crippen molar-refractivity contribution in [1.29, 1.82) is 0 Å². The summed E-state index contributed by atoms with van der Waals surface area (Å²) in [5, 5.41) is 15.1. The average molecular weight is 256 g/mol. The molecule has 1 rings (SSSR count). The lowest BCUT2D eigenvalue weighted by atomic mass is 9.81. The van der Waals surface area contributed by atoms with E-state index in [1.807, 2.05) is 13.8 Å². The second-order valence-electron chi connectivity index (χ2n) is 5.19. The van der Waals surface area contributed by atoms with Crippen molar-refractivity contribution in [2.45, 2.75) is 64.0 Å². The molecule has 0 aliphatic heterocycles. The van der Waals surface area contributed by atoms with E-state index in [1.54, 1.807) is 0 Å². The van der Waals surface area contributed by atoms with Crippen LogP contribution in [0.3, 0.4) is 0 Å². The number of carboxylic acids is 1. The molecule has 1 aliphatic carbocycles. The van der Waals surface area contributed by atoms with Crippen molar-refractivity contribution >= 4 is 11.9 Å². The third kappa shape index (κ3) is 3.98. The number of rotatable bonds is 6. The minimum atomic E-state index is -1.04. The Morgan fingerprint density at radius 2 is 1.89 bits per heavy atom. The second-order valence-corrected chi connectivity index (χ2v) is 5.19. The smallest absolute Gasteiger partial charge is 0.329 e. The van der Waals surface area contributed by atoms with E-state index in [0.29, 0.717) is 12.8 Å². The highest BCUT2D eigenvalue weighted by Gasteiger charge is 2.40. The van der Waals surface area contributed by atoms with Gasteiger partial charge in [0.15, 0.2) is 0 Å². The van der Waals surface area contributed by atoms with Crippen LogP contribution >= 0.6 is 0 Å². The number of nitrogens with one attached hydrogen (secondary N) is 2. The van der Waals surface area contributed by atoms with Crippen molar-refractivity contribution in [2.75, 3.05) is 6.54 Å². The highest BCUT2D eigenvalue weighted by atomic mass is 16.4. The van der Waals surface area contributed by atoms with E-state index in [0.717, 1.165) is 25.7 Å². The molecule has 5 heteroatoms. The first kappa shape index (κ1) is 15.0. The molecule has 1 saturated carbocycles. The van der Waals surface area contributed by atoms with Crippen LogP contribution in [0.25, 0.3) is 0 Å². The predicted octanol–water partition coefficient (Wildman–Crippen LogP) is 1.28. The van der Waals surface area contributed by atoms with E-state index in [4.69, 9.17) is 0 Å². The first-order valence-electron chi connectivity index (χ1n) is 6.78. The molecule has 0 aromatic rings. The topological polar surface area (TPSA) is 78.4 Å². The van der Waals surface area contributed by atoms with Crippen molar-refractivity contribution < 1.29 is 14.7 Å². The molecule has 104 valence electrons. The molecule has 0 aromatic carbocycles. The number of carbonyl (C=O) groups excluding carboxylic acids is 1. The Morgan fingerprint density at radius 3 is 2.39 bits per heavy atom. The fourth-order valence-electron chi connectivity index (χ4n) is 2.27. The standard InChI is InChI=1S/C13H24N2O3/c1-3-10(2)14-9-11(16)15-13(12(17)18)7-5-4-6-8-13/h10,14H,3-9H2,1-2H3,(H,15,16)(H,17,18). The maximum absolute atomic E-state index is 11.8. The monoisotopic (exact) mass is 256 g/mol. The summed E-state index contributed by atoms with van der Waals surface area (Å²) in [5.41, 5.74) is -1.04. The first-order valence-corrected chi connectivity index (χ1v) is 6.78. The molecule has 0 radical (unpaired) electrons. The van der Waals surface area contributed by atoms with Gasteiger partial charge in [0.1, 0.15) is 5.54 Å². The van der Waals surface area contributed by atoms with Gasteiger partial charge in [0.05, 0.1) is 6.54 Å². The largest absolute Gasteiger partial charge is 0.480 e. The summed E-state index contributed by atoms with van der Waals surface area (Å²) in [7, 11) is 0. The predicted molar refractivity (Wildman–Crippen MR) is 69.4 cm³/mol. The van der Waals surface area contributed by atoms with Gasteiger partial charge in [-0.05, 0) is 26.2 Å². The van der Waals surface area contributed by atoms with Crippen molar-refractivity contribution in [3.63, 3.8) is 0 Å². The molecule has 1 amide bonds. The van der Waals surface area contributed by atoms with Crippen LogP contribution in [-0.4, -0.2) is 35.1 Å². The van der Waals surface area contributed by atoms with Gasteiger partial charge in [0.25, 0.3) is 0 Å². The lowest BCUT2D eigenvalue weighted by molar-refractivity contribution is -0.149. The fourth-order valence-corrected chi connectivity index (χ4v) is 2.27. The second kappa shape index (κ2) is 6.73. The van der Waals surface area contributed by atoms with Gasteiger partial charge in [0.2, 0.25) is 5.91 Å². The van der Waals surface area contributed by atoms with E-state index in [-0.39, 0.29) is 18.5 Å². The summed E-state index contributed by atoms with van der Waals surface area (Å²) < 4.78 is 0. The minimum Gasteiger partial charge on any atom is -0.480 e. The van der Waals surface area contributed by atoms with Gasteiger partial charge in [-0.2, -0.15) is 0 Å². The van der Waals surface area contributed by atoms with Gasteiger partial charge in [-0.1, -0.05) is 26.2 Å². The summed E-state index contributed by atoms with van der Waals surface area (Å²) in [6.07, 6.45) is 4.80. The van der Waals surface area contributed by atoms with Gasteiger partial charge in [-0.25, -0.2) is 4.79 Å². The van der Waals surface area contributed by atoms with E-state index in [2.05, 4.69) is 10.6 Å². The molecule has 0 heterocycles. The molecule has 1 fully saturated rings. The van der Waals surface area contributed by atoms with Crippen LogP contribution in [0.4, 0.5) is 0 Å². The summed E-state index contributed by atoms with van der Waals surface area (Å²) >= 11 is 0. The number of amides is 1. The SMILES string of the molecule is CCC(C)NCC(=O)NC1(C(=O)O)CCCCC1. The number of carboxylic acid groups (broad SMARTS) is 1. The van der Waals surface area contributed by atoms with Crippen LogP contribution in [0.2, 0.25) is 0 Å². The fraction of sp³-hybridized carbons (Fsp3) is 0.846. The van der Waals surface area contributed by atoms with Crippen LogP contribution in [0.5, 0.6) is 0 Å². The Labute approximate surface area is 108 Å². The molecule has 0 spiro atoms. The number of aliphatic carboxylic acids is 1. The lowest BCUT2D eigenvalue weighted by Gasteiger charge is -2.34. The van der Waals surface area contributed by atoms with Crippen LogP contribution in [0.1, 0.15) is 52.4 Å². The molecule has 3 N–H and O–H groups in total. The van der Waals surface area contributed by atoms with E-state index < -0.39 is 11.5 Å². The Kier molecular flexibility index (Phi) is 5.59. The van der Waals surface area contributed by atoms with Gasteiger partial charge in [-0.15, -0.1) is 0 Å². The van der Waals surface area contributed by atoms with Crippen LogP contribution < -0.4 is 10.6 Å². The molecule has 1 atom stereocenters. The van der Waals surface area contributed by atoms with Gasteiger partial charge in [0, 0.05) is 6.04 Å². The van der Waals surface area contributed by atoms with Crippen molar-refractivity contribution in [1.82, 2.24) is 10.6 Å². The maximum Gasteiger partial charge on any atom is 0.329 e. The molecule has 1 aliphatic rings. The minimum absolute atomic E-state index is 0.185. The normalized spacial score (nSPS) is 20.1. The quantitative estimate of drug-likeness (QED) is 0.669. The lowest BCUT2D eigenvalue weighted by Crippen LogP contribution is -2.57. The third-order valence-electron chi connectivity index (χ3n) is 3.72. The molecular formula is C13H24N2O3. The molecule has 18 heavy (non-hydrogen) atoms. The van der Waals surface area contributed by atoms with Crippen molar-refractivity contribution in [3.8, 4) is 0 Å². The van der Waals surface area contributed by atoms with Gasteiger partial charge < -0.3 is 15.7 Å². The number of carbonyl (C=O) groups is 2. The van der Waals surface area contributed by atoms with Crippen LogP contribution in [0, 0.1) is 0 Å². The molecule has 1 unspecified atom stereocenters. The van der Waals surface area contributed by atoms with Gasteiger partial charge in [-0.3, -0.25) is 4.79 Å². The molecule has 0 bridgehead atoms. The zero-order valence-corrected chi connectivity index (χ0v) is 11.3. The molecule has 0 saturated heterocycles. The maximum atomic E-state index is 11.8. The summed E-state index contributed by atoms with van der Waals surface area (Å²) in [5.74, 6) is -1.13. The van der Waals surface area contributed by atoms with E-state index >= 15 is 0 Å². The third-order valence-corrected chi connectivity index (χ3v) is 3.72. The zero-order chi connectivity index (χ0) is 13.6. The van der Waals surface area contributed by atoms with Gasteiger partial charge >= 0.3 is 5.97 Å². The first-order chi connectivity index (χ1) is 8.50. The molecule has 0 aromatic heterocycles. The van der Waals surface area contributed by atoms with Crippen molar-refractivity contribution in [3.05, 3.63) is 0 Å². The number of hydrogen-bond acceptors (Lipinski definition) is 3. The van der Waals surface area contributed by atoms with E-state index in [9.17, 15) is 14.7 Å². The Hall–Kier alpha value is -1.10. The van der Waals surface area contributed by atoms with Crippen LogP contribution in [0.15, 0.2) is 0 Å².